The van der Waals surface area contributed by atoms with Crippen molar-refractivity contribution in [2.45, 2.75) is 13.5 Å². The molecule has 0 fully saturated rings. The monoisotopic (exact) mass is 343 g/mol. The number of carboxylic acids is 1. The maximum atomic E-state index is 12.0. The van der Waals surface area contributed by atoms with Crippen LogP contribution in [-0.4, -0.2) is 37.0 Å². The molecule has 3 aromatic rings. The van der Waals surface area contributed by atoms with E-state index in [0.29, 0.717) is 10.8 Å². The fourth-order valence-electron chi connectivity index (χ4n) is 2.01. The summed E-state index contributed by atoms with van der Waals surface area (Å²) >= 11 is 1.36. The zero-order chi connectivity index (χ0) is 17.1. The first kappa shape index (κ1) is 15.8. The first-order chi connectivity index (χ1) is 11.5. The van der Waals surface area contributed by atoms with E-state index in [4.69, 9.17) is 5.11 Å². The van der Waals surface area contributed by atoms with Gasteiger partial charge in [0.1, 0.15) is 12.2 Å². The third-order valence-corrected chi connectivity index (χ3v) is 4.01. The molecule has 0 atom stereocenters. The van der Waals surface area contributed by atoms with E-state index in [0.717, 1.165) is 11.3 Å². The highest BCUT2D eigenvalue weighted by molar-refractivity contribution is 7.13. The van der Waals surface area contributed by atoms with Gasteiger partial charge in [0.2, 0.25) is 5.91 Å². The number of hydrogen-bond donors (Lipinski definition) is 2. The number of rotatable bonds is 5. The summed E-state index contributed by atoms with van der Waals surface area (Å²) in [7, 11) is 0. The highest BCUT2D eigenvalue weighted by atomic mass is 32.1. The number of aryl methyl sites for hydroxylation is 1. The van der Waals surface area contributed by atoms with E-state index in [2.05, 4.69) is 20.6 Å². The Labute approximate surface area is 140 Å². The molecular weight excluding hydrogens is 330 g/mol. The van der Waals surface area contributed by atoms with Crippen LogP contribution < -0.4 is 5.32 Å². The molecule has 8 nitrogen and oxygen atoms in total. The Morgan fingerprint density at radius 3 is 2.67 bits per heavy atom. The van der Waals surface area contributed by atoms with E-state index >= 15 is 0 Å². The van der Waals surface area contributed by atoms with Gasteiger partial charge in [0.15, 0.2) is 5.13 Å². The third-order valence-electron chi connectivity index (χ3n) is 3.14. The van der Waals surface area contributed by atoms with Crippen LogP contribution in [0.4, 0.5) is 5.13 Å². The minimum Gasteiger partial charge on any atom is -0.478 e. The number of aromatic nitrogens is 4. The summed E-state index contributed by atoms with van der Waals surface area (Å²) in [5.74, 6) is -1.23. The number of aromatic carboxylic acids is 1. The number of carbonyl (C=O) groups excluding carboxylic acids is 1. The second-order valence-electron chi connectivity index (χ2n) is 5.03. The fraction of sp³-hybridized carbons (Fsp3) is 0.133. The quantitative estimate of drug-likeness (QED) is 0.733. The highest BCUT2D eigenvalue weighted by Crippen LogP contribution is 2.17. The maximum Gasteiger partial charge on any atom is 0.335 e. The van der Waals surface area contributed by atoms with Crippen molar-refractivity contribution >= 4 is 28.3 Å². The van der Waals surface area contributed by atoms with Crippen molar-refractivity contribution in [3.63, 3.8) is 0 Å². The van der Waals surface area contributed by atoms with Crippen LogP contribution in [0.25, 0.3) is 11.3 Å². The summed E-state index contributed by atoms with van der Waals surface area (Å²) in [5, 5.41) is 21.9. The van der Waals surface area contributed by atoms with Gasteiger partial charge >= 0.3 is 5.97 Å². The van der Waals surface area contributed by atoms with E-state index in [1.807, 2.05) is 12.3 Å². The highest BCUT2D eigenvalue weighted by Gasteiger charge is 2.10. The van der Waals surface area contributed by atoms with Crippen LogP contribution in [0.3, 0.4) is 0 Å². The van der Waals surface area contributed by atoms with Crippen LogP contribution in [0.1, 0.15) is 16.1 Å². The van der Waals surface area contributed by atoms with Crippen molar-refractivity contribution in [3.05, 3.63) is 47.1 Å². The van der Waals surface area contributed by atoms with Crippen molar-refractivity contribution in [1.82, 2.24) is 20.0 Å². The summed E-state index contributed by atoms with van der Waals surface area (Å²) in [6, 6.07) is 6.29. The van der Waals surface area contributed by atoms with Crippen molar-refractivity contribution in [2.24, 2.45) is 0 Å². The molecule has 0 bridgehead atoms. The lowest BCUT2D eigenvalue weighted by Crippen LogP contribution is -2.19. The molecule has 24 heavy (non-hydrogen) atoms. The normalized spacial score (nSPS) is 10.5. The number of thiazole rings is 1. The first-order valence-corrected chi connectivity index (χ1v) is 7.85. The largest absolute Gasteiger partial charge is 0.478 e. The number of hydrogen-bond acceptors (Lipinski definition) is 6. The SMILES string of the molecule is Cc1csc(NC(=O)Cn2cc(-c3ccc(C(=O)O)cc3)nn2)n1. The molecule has 3 rings (SSSR count). The Balaban J connectivity index is 1.66. The minimum atomic E-state index is -0.987. The van der Waals surface area contributed by atoms with E-state index in [1.54, 1.807) is 18.3 Å². The molecule has 0 radical (unpaired) electrons. The molecule has 2 aromatic heterocycles. The van der Waals surface area contributed by atoms with Gasteiger partial charge in [-0.3, -0.25) is 4.79 Å². The molecule has 1 amide bonds. The number of nitrogens with zero attached hydrogens (tertiary/aromatic N) is 4. The average molecular weight is 343 g/mol. The molecule has 0 aliphatic rings. The predicted molar refractivity (Wildman–Crippen MR) is 87.9 cm³/mol. The lowest BCUT2D eigenvalue weighted by Gasteiger charge is -2.00. The summed E-state index contributed by atoms with van der Waals surface area (Å²) in [6.45, 7) is 1.87. The van der Waals surface area contributed by atoms with Gasteiger partial charge in [-0.15, -0.1) is 16.4 Å². The van der Waals surface area contributed by atoms with Gasteiger partial charge in [-0.2, -0.15) is 0 Å². The zero-order valence-electron chi connectivity index (χ0n) is 12.6. The van der Waals surface area contributed by atoms with E-state index in [9.17, 15) is 9.59 Å². The van der Waals surface area contributed by atoms with Crippen molar-refractivity contribution in [1.29, 1.82) is 0 Å². The Kier molecular flexibility index (Phi) is 4.34. The Morgan fingerprint density at radius 2 is 2.04 bits per heavy atom. The molecule has 0 saturated heterocycles. The fourth-order valence-corrected chi connectivity index (χ4v) is 2.71. The van der Waals surface area contributed by atoms with Gasteiger partial charge < -0.3 is 10.4 Å². The van der Waals surface area contributed by atoms with Crippen LogP contribution in [0.2, 0.25) is 0 Å². The molecule has 0 spiro atoms. The third kappa shape index (κ3) is 3.63. The van der Waals surface area contributed by atoms with Gasteiger partial charge in [-0.25, -0.2) is 14.5 Å². The maximum absolute atomic E-state index is 12.0. The minimum absolute atomic E-state index is 0.0127. The van der Waals surface area contributed by atoms with Crippen molar-refractivity contribution in [2.75, 3.05) is 5.32 Å². The van der Waals surface area contributed by atoms with Crippen LogP contribution in [0.15, 0.2) is 35.8 Å². The summed E-state index contributed by atoms with van der Waals surface area (Å²) < 4.78 is 1.41. The van der Waals surface area contributed by atoms with Crippen LogP contribution in [0, 0.1) is 6.92 Å². The predicted octanol–water partition coefficient (Wildman–Crippen LogP) is 2.05. The average Bonchev–Trinajstić information content (AvgIpc) is 3.16. The number of carbonyl (C=O) groups is 2. The van der Waals surface area contributed by atoms with E-state index in [1.165, 1.54) is 28.2 Å². The molecule has 122 valence electrons. The van der Waals surface area contributed by atoms with Crippen molar-refractivity contribution < 1.29 is 14.7 Å². The molecule has 0 unspecified atom stereocenters. The lowest BCUT2D eigenvalue weighted by molar-refractivity contribution is -0.116. The number of benzene rings is 1. The second-order valence-corrected chi connectivity index (χ2v) is 5.88. The van der Waals surface area contributed by atoms with Gasteiger partial charge in [0.05, 0.1) is 17.5 Å². The van der Waals surface area contributed by atoms with Gasteiger partial charge in [0, 0.05) is 10.9 Å². The Hall–Kier alpha value is -3.07. The summed E-state index contributed by atoms with van der Waals surface area (Å²) in [5.41, 5.74) is 2.33. The molecule has 2 N–H and O–H groups in total. The summed E-state index contributed by atoms with van der Waals surface area (Å²) in [4.78, 5) is 27.0. The topological polar surface area (TPSA) is 110 Å². The number of carboxylic acid groups (broad SMARTS) is 1. The standard InChI is InChI=1S/C15H13N5O3S/c1-9-8-24-15(16-9)17-13(21)7-20-6-12(18-19-20)10-2-4-11(5-3-10)14(22)23/h2-6,8H,7H2,1H3,(H,22,23)(H,16,17,21). The molecule has 1 aromatic carbocycles. The lowest BCUT2D eigenvalue weighted by atomic mass is 10.1. The molecule has 0 aliphatic carbocycles. The van der Waals surface area contributed by atoms with E-state index < -0.39 is 5.97 Å². The molecule has 9 heteroatoms. The number of anilines is 1. The first-order valence-electron chi connectivity index (χ1n) is 6.97. The molecule has 2 heterocycles. The van der Waals surface area contributed by atoms with Crippen LogP contribution in [0.5, 0.6) is 0 Å². The number of amides is 1. The zero-order valence-corrected chi connectivity index (χ0v) is 13.4. The van der Waals surface area contributed by atoms with Gasteiger partial charge in [0.25, 0.3) is 0 Å². The molecular formula is C15H13N5O3S. The Morgan fingerprint density at radius 1 is 1.29 bits per heavy atom. The van der Waals surface area contributed by atoms with E-state index in [-0.39, 0.29) is 18.0 Å². The van der Waals surface area contributed by atoms with Crippen LogP contribution >= 0.6 is 11.3 Å². The molecule has 0 saturated carbocycles. The second kappa shape index (κ2) is 6.59. The summed E-state index contributed by atoms with van der Waals surface area (Å²) in [6.07, 6.45) is 1.63. The number of nitrogens with one attached hydrogen (secondary N) is 1. The van der Waals surface area contributed by atoms with Gasteiger partial charge in [-0.05, 0) is 19.1 Å². The molecule has 0 aliphatic heterocycles. The Bertz CT molecular complexity index is 885. The van der Waals surface area contributed by atoms with Gasteiger partial charge in [-0.1, -0.05) is 17.3 Å². The van der Waals surface area contributed by atoms with Crippen molar-refractivity contribution in [3.8, 4) is 11.3 Å². The smallest absolute Gasteiger partial charge is 0.335 e. The van der Waals surface area contributed by atoms with Crippen LogP contribution in [-0.2, 0) is 11.3 Å².